The Morgan fingerprint density at radius 3 is 2.65 bits per heavy atom. The molecule has 0 aliphatic rings. The van der Waals surface area contributed by atoms with Crippen molar-refractivity contribution < 1.29 is 18.8 Å². The third kappa shape index (κ3) is 4.76. The number of carbonyl (C=O) groups is 1. The molecule has 0 heterocycles. The number of ketones is 1. The van der Waals surface area contributed by atoms with Crippen LogP contribution in [0.25, 0.3) is 11.1 Å². The molecule has 1 unspecified atom stereocenters. The molecule has 122 valence electrons. The summed E-state index contributed by atoms with van der Waals surface area (Å²) in [4.78, 5) is 21.8. The number of rotatable bonds is 6. The van der Waals surface area contributed by atoms with Gasteiger partial charge in [-0.05, 0) is 48.7 Å². The third-order valence-corrected chi connectivity index (χ3v) is 4.94. The Morgan fingerprint density at radius 2 is 2.00 bits per heavy atom. The van der Waals surface area contributed by atoms with Gasteiger partial charge in [-0.15, -0.1) is 0 Å². The summed E-state index contributed by atoms with van der Waals surface area (Å²) < 4.78 is 16.5. The third-order valence-electron chi connectivity index (χ3n) is 3.36. The molecule has 1 N–H and O–H groups in total. The van der Waals surface area contributed by atoms with Crippen LogP contribution in [0.5, 0.6) is 0 Å². The molecular formula is C17H18ClO4P. The SMILES string of the molecule is CCOP(=O)(O)CC(=O)c1cccc(-c2ccc(Cl)cc2C)c1. The molecule has 0 aliphatic heterocycles. The number of benzene rings is 2. The quantitative estimate of drug-likeness (QED) is 0.603. The monoisotopic (exact) mass is 352 g/mol. The first kappa shape index (κ1) is 17.9. The number of aryl methyl sites for hydroxylation is 1. The molecule has 2 rings (SSSR count). The molecule has 0 aromatic heterocycles. The first-order valence-electron chi connectivity index (χ1n) is 7.18. The van der Waals surface area contributed by atoms with E-state index in [4.69, 9.17) is 16.1 Å². The maximum atomic E-state index is 12.2. The Labute approximate surface area is 140 Å². The minimum atomic E-state index is -3.88. The molecule has 0 saturated heterocycles. The molecule has 0 saturated carbocycles. The highest BCUT2D eigenvalue weighted by atomic mass is 35.5. The number of halogens is 1. The summed E-state index contributed by atoms with van der Waals surface area (Å²) in [5.41, 5.74) is 3.19. The standard InChI is InChI=1S/C17H18ClO4P/c1-3-22-23(20,21)11-17(19)14-6-4-5-13(10-14)16-8-7-15(18)9-12(16)2/h4-10H,3,11H2,1-2H3,(H,20,21). The molecular weight excluding hydrogens is 335 g/mol. The number of Topliss-reactive ketones (excluding diaryl/α,β-unsaturated/α-hetero) is 1. The molecule has 1 atom stereocenters. The highest BCUT2D eigenvalue weighted by molar-refractivity contribution is 7.53. The zero-order valence-corrected chi connectivity index (χ0v) is 14.6. The molecule has 0 spiro atoms. The number of hydrogen-bond donors (Lipinski definition) is 1. The van der Waals surface area contributed by atoms with E-state index in [-0.39, 0.29) is 6.61 Å². The van der Waals surface area contributed by atoms with E-state index < -0.39 is 19.5 Å². The van der Waals surface area contributed by atoms with E-state index in [2.05, 4.69) is 0 Å². The Balaban J connectivity index is 2.29. The lowest BCUT2D eigenvalue weighted by atomic mass is 9.98. The van der Waals surface area contributed by atoms with E-state index in [1.165, 1.54) is 0 Å². The smallest absolute Gasteiger partial charge is 0.324 e. The fraction of sp³-hybridized carbons (Fsp3) is 0.235. The van der Waals surface area contributed by atoms with Crippen LogP contribution in [0.2, 0.25) is 5.02 Å². The van der Waals surface area contributed by atoms with Crippen LogP contribution in [0.3, 0.4) is 0 Å². The first-order chi connectivity index (χ1) is 10.8. The van der Waals surface area contributed by atoms with Gasteiger partial charge < -0.3 is 9.42 Å². The largest absolute Gasteiger partial charge is 0.335 e. The van der Waals surface area contributed by atoms with E-state index >= 15 is 0 Å². The molecule has 23 heavy (non-hydrogen) atoms. The number of hydrogen-bond acceptors (Lipinski definition) is 3. The van der Waals surface area contributed by atoms with Crippen LogP contribution in [-0.2, 0) is 9.09 Å². The van der Waals surface area contributed by atoms with Gasteiger partial charge in [0.1, 0.15) is 6.16 Å². The average Bonchev–Trinajstić information content (AvgIpc) is 2.46. The highest BCUT2D eigenvalue weighted by Gasteiger charge is 2.24. The van der Waals surface area contributed by atoms with Gasteiger partial charge in [-0.3, -0.25) is 9.36 Å². The molecule has 0 amide bonds. The van der Waals surface area contributed by atoms with Gasteiger partial charge in [0.15, 0.2) is 5.78 Å². The van der Waals surface area contributed by atoms with Crippen LogP contribution in [0.4, 0.5) is 0 Å². The Hall–Kier alpha value is -1.45. The predicted octanol–water partition coefficient (Wildman–Crippen LogP) is 4.72. The van der Waals surface area contributed by atoms with Gasteiger partial charge in [0.05, 0.1) is 6.61 Å². The summed E-state index contributed by atoms with van der Waals surface area (Å²) in [6.07, 6.45) is -0.524. The Kier molecular flexibility index (Phi) is 5.77. The normalized spacial score (nSPS) is 13.6. The maximum Gasteiger partial charge on any atom is 0.335 e. The van der Waals surface area contributed by atoms with Gasteiger partial charge in [-0.1, -0.05) is 35.9 Å². The average molecular weight is 353 g/mol. The van der Waals surface area contributed by atoms with Crippen molar-refractivity contribution in [3.8, 4) is 11.1 Å². The maximum absolute atomic E-state index is 12.2. The molecule has 4 nitrogen and oxygen atoms in total. The van der Waals surface area contributed by atoms with Crippen molar-refractivity contribution in [3.05, 3.63) is 58.6 Å². The molecule has 0 bridgehead atoms. The van der Waals surface area contributed by atoms with Gasteiger partial charge >= 0.3 is 7.60 Å². The summed E-state index contributed by atoms with van der Waals surface area (Å²) in [7, 11) is -3.88. The van der Waals surface area contributed by atoms with E-state index in [1.807, 2.05) is 25.1 Å². The Morgan fingerprint density at radius 1 is 1.26 bits per heavy atom. The first-order valence-corrected chi connectivity index (χ1v) is 9.32. The van der Waals surface area contributed by atoms with Crippen molar-refractivity contribution in [3.63, 3.8) is 0 Å². The zero-order chi connectivity index (χ0) is 17.0. The summed E-state index contributed by atoms with van der Waals surface area (Å²) in [5.74, 6) is -0.419. The van der Waals surface area contributed by atoms with Crippen LogP contribution in [0.1, 0.15) is 22.8 Å². The lowest BCUT2D eigenvalue weighted by molar-refractivity contribution is 0.101. The number of carbonyl (C=O) groups excluding carboxylic acids is 1. The Bertz CT molecular complexity index is 773. The van der Waals surface area contributed by atoms with Gasteiger partial charge in [0.2, 0.25) is 0 Å². The molecule has 0 radical (unpaired) electrons. The lowest BCUT2D eigenvalue weighted by Gasteiger charge is -2.11. The van der Waals surface area contributed by atoms with Gasteiger partial charge in [0, 0.05) is 10.6 Å². The summed E-state index contributed by atoms with van der Waals surface area (Å²) in [5, 5.41) is 0.649. The topological polar surface area (TPSA) is 63.6 Å². The fourth-order valence-corrected chi connectivity index (χ4v) is 3.60. The van der Waals surface area contributed by atoms with Crippen LogP contribution in [-0.4, -0.2) is 23.4 Å². The van der Waals surface area contributed by atoms with Crippen molar-refractivity contribution >= 4 is 25.0 Å². The van der Waals surface area contributed by atoms with Crippen LogP contribution >= 0.6 is 19.2 Å². The minimum Gasteiger partial charge on any atom is -0.324 e. The molecule has 0 aliphatic carbocycles. The van der Waals surface area contributed by atoms with Crippen LogP contribution < -0.4 is 0 Å². The minimum absolute atomic E-state index is 0.0884. The molecule has 2 aromatic carbocycles. The second kappa shape index (κ2) is 7.41. The van der Waals surface area contributed by atoms with Gasteiger partial charge in [-0.25, -0.2) is 0 Å². The summed E-state index contributed by atoms with van der Waals surface area (Å²) in [6.45, 7) is 3.63. The van der Waals surface area contributed by atoms with E-state index in [1.54, 1.807) is 31.2 Å². The second-order valence-electron chi connectivity index (χ2n) is 5.18. The molecule has 0 fully saturated rings. The molecule has 2 aromatic rings. The van der Waals surface area contributed by atoms with Crippen molar-refractivity contribution in [2.75, 3.05) is 12.8 Å². The summed E-state index contributed by atoms with van der Waals surface area (Å²) in [6, 6.07) is 12.5. The van der Waals surface area contributed by atoms with Crippen molar-refractivity contribution in [2.45, 2.75) is 13.8 Å². The van der Waals surface area contributed by atoms with Gasteiger partial charge in [0.25, 0.3) is 0 Å². The van der Waals surface area contributed by atoms with Crippen molar-refractivity contribution in [1.82, 2.24) is 0 Å². The van der Waals surface area contributed by atoms with Crippen LogP contribution in [0.15, 0.2) is 42.5 Å². The molecule has 6 heteroatoms. The van der Waals surface area contributed by atoms with Crippen molar-refractivity contribution in [1.29, 1.82) is 0 Å². The van der Waals surface area contributed by atoms with E-state index in [0.29, 0.717) is 10.6 Å². The lowest BCUT2D eigenvalue weighted by Crippen LogP contribution is -2.08. The fourth-order valence-electron chi connectivity index (χ4n) is 2.33. The predicted molar refractivity (Wildman–Crippen MR) is 92.3 cm³/mol. The second-order valence-corrected chi connectivity index (χ2v) is 7.46. The van der Waals surface area contributed by atoms with Gasteiger partial charge in [-0.2, -0.15) is 0 Å². The van der Waals surface area contributed by atoms with E-state index in [9.17, 15) is 14.3 Å². The summed E-state index contributed by atoms with van der Waals surface area (Å²) >= 11 is 5.96. The van der Waals surface area contributed by atoms with E-state index in [0.717, 1.165) is 16.7 Å². The highest BCUT2D eigenvalue weighted by Crippen LogP contribution is 2.42. The van der Waals surface area contributed by atoms with Crippen LogP contribution in [0, 0.1) is 6.92 Å². The van der Waals surface area contributed by atoms with Crippen molar-refractivity contribution in [2.24, 2.45) is 0 Å². The zero-order valence-electron chi connectivity index (χ0n) is 13.0.